The molecular formula is C17H17N3O3. The molecule has 1 amide bonds. The number of carbonyl (C=O) groups is 1. The minimum atomic E-state index is -0.348. The van der Waals surface area contributed by atoms with Gasteiger partial charge in [0.1, 0.15) is 5.69 Å². The van der Waals surface area contributed by atoms with Gasteiger partial charge >= 0.3 is 0 Å². The van der Waals surface area contributed by atoms with Crippen LogP contribution in [-0.4, -0.2) is 29.8 Å². The maximum absolute atomic E-state index is 11.9. The van der Waals surface area contributed by atoms with Crippen molar-refractivity contribution in [1.29, 1.82) is 0 Å². The molecule has 0 bridgehead atoms. The lowest BCUT2D eigenvalue weighted by atomic mass is 10.1. The van der Waals surface area contributed by atoms with E-state index in [0.29, 0.717) is 30.4 Å². The predicted octanol–water partition coefficient (Wildman–Crippen LogP) is 2.40. The Morgan fingerprint density at radius 2 is 2.00 bits per heavy atom. The minimum absolute atomic E-state index is 0.322. The lowest BCUT2D eigenvalue weighted by molar-refractivity contribution is 0.0950. The second-order valence-electron chi connectivity index (χ2n) is 5.07. The molecule has 0 radical (unpaired) electrons. The molecule has 0 aliphatic carbocycles. The minimum Gasteiger partial charge on any atom is -0.490 e. The van der Waals surface area contributed by atoms with Crippen molar-refractivity contribution in [3.63, 3.8) is 0 Å². The van der Waals surface area contributed by atoms with Crippen LogP contribution >= 0.6 is 0 Å². The van der Waals surface area contributed by atoms with Crippen molar-refractivity contribution in [2.45, 2.75) is 13.3 Å². The van der Waals surface area contributed by atoms with E-state index in [9.17, 15) is 4.79 Å². The number of nitrogens with one attached hydrogen (secondary N) is 1. The van der Waals surface area contributed by atoms with Crippen LogP contribution < -0.4 is 14.9 Å². The molecule has 23 heavy (non-hydrogen) atoms. The van der Waals surface area contributed by atoms with E-state index < -0.39 is 0 Å². The van der Waals surface area contributed by atoms with Gasteiger partial charge in [-0.15, -0.1) is 0 Å². The fourth-order valence-electron chi connectivity index (χ4n) is 2.14. The predicted molar refractivity (Wildman–Crippen MR) is 86.0 cm³/mol. The van der Waals surface area contributed by atoms with E-state index in [1.54, 1.807) is 24.4 Å². The van der Waals surface area contributed by atoms with Crippen molar-refractivity contribution < 1.29 is 14.3 Å². The second-order valence-corrected chi connectivity index (χ2v) is 5.07. The molecule has 0 fully saturated rings. The normalized spacial score (nSPS) is 14.0. The van der Waals surface area contributed by atoms with E-state index >= 15 is 0 Å². The summed E-state index contributed by atoms with van der Waals surface area (Å²) in [6, 6.07) is 10.8. The van der Waals surface area contributed by atoms with Crippen molar-refractivity contribution in [2.24, 2.45) is 5.10 Å². The number of hydrogen-bond acceptors (Lipinski definition) is 5. The third-order valence-electron chi connectivity index (χ3n) is 3.39. The highest BCUT2D eigenvalue weighted by Crippen LogP contribution is 2.30. The molecule has 1 aliphatic heterocycles. The number of aromatic nitrogens is 1. The summed E-state index contributed by atoms with van der Waals surface area (Å²) in [4.78, 5) is 15.9. The van der Waals surface area contributed by atoms with Gasteiger partial charge in [-0.2, -0.15) is 5.10 Å². The summed E-state index contributed by atoms with van der Waals surface area (Å²) in [5.41, 5.74) is 4.35. The molecule has 118 valence electrons. The number of amides is 1. The highest BCUT2D eigenvalue weighted by molar-refractivity contribution is 6.00. The standard InChI is InChI=1S/C17H17N3O3/c1-12(19-20-17(21)14-5-2-3-8-18-14)13-6-7-15-16(11-13)23-10-4-9-22-15/h2-3,5-8,11H,4,9-10H2,1H3,(H,20,21)/b19-12-. The van der Waals surface area contributed by atoms with Crippen molar-refractivity contribution in [2.75, 3.05) is 13.2 Å². The molecule has 1 aromatic carbocycles. The maximum Gasteiger partial charge on any atom is 0.289 e. The van der Waals surface area contributed by atoms with Crippen molar-refractivity contribution in [1.82, 2.24) is 10.4 Å². The van der Waals surface area contributed by atoms with Gasteiger partial charge in [0, 0.05) is 18.2 Å². The molecular weight excluding hydrogens is 294 g/mol. The molecule has 0 saturated heterocycles. The average Bonchev–Trinajstić information content (AvgIpc) is 2.84. The molecule has 1 aliphatic rings. The van der Waals surface area contributed by atoms with E-state index in [1.165, 1.54) is 0 Å². The van der Waals surface area contributed by atoms with Gasteiger partial charge in [-0.1, -0.05) is 6.07 Å². The maximum atomic E-state index is 11.9. The number of benzene rings is 1. The third kappa shape index (κ3) is 3.66. The van der Waals surface area contributed by atoms with Gasteiger partial charge in [-0.25, -0.2) is 5.43 Å². The fourth-order valence-corrected chi connectivity index (χ4v) is 2.14. The first kappa shape index (κ1) is 15.0. The van der Waals surface area contributed by atoms with Crippen LogP contribution in [0.5, 0.6) is 11.5 Å². The van der Waals surface area contributed by atoms with E-state index in [2.05, 4.69) is 15.5 Å². The zero-order valence-electron chi connectivity index (χ0n) is 12.8. The summed E-state index contributed by atoms with van der Waals surface area (Å²) in [6.07, 6.45) is 2.42. The van der Waals surface area contributed by atoms with Crippen LogP contribution in [0.15, 0.2) is 47.7 Å². The van der Waals surface area contributed by atoms with Crippen LogP contribution in [0.4, 0.5) is 0 Å². The van der Waals surface area contributed by atoms with E-state index in [0.717, 1.165) is 17.7 Å². The lowest BCUT2D eigenvalue weighted by Gasteiger charge is -2.09. The number of hydrazone groups is 1. The van der Waals surface area contributed by atoms with Crippen LogP contribution in [0.2, 0.25) is 0 Å². The number of pyridine rings is 1. The highest BCUT2D eigenvalue weighted by Gasteiger charge is 2.12. The van der Waals surface area contributed by atoms with Crippen LogP contribution in [0.3, 0.4) is 0 Å². The van der Waals surface area contributed by atoms with Crippen LogP contribution in [-0.2, 0) is 0 Å². The molecule has 3 rings (SSSR count). The van der Waals surface area contributed by atoms with Gasteiger partial charge in [0.25, 0.3) is 5.91 Å². The summed E-state index contributed by atoms with van der Waals surface area (Å²) in [5, 5.41) is 4.12. The van der Waals surface area contributed by atoms with Crippen molar-refractivity contribution in [3.8, 4) is 11.5 Å². The summed E-state index contributed by atoms with van der Waals surface area (Å²) < 4.78 is 11.3. The van der Waals surface area contributed by atoms with Gasteiger partial charge in [0.05, 0.1) is 18.9 Å². The average molecular weight is 311 g/mol. The number of fused-ring (bicyclic) bond motifs is 1. The quantitative estimate of drug-likeness (QED) is 0.698. The van der Waals surface area contributed by atoms with Gasteiger partial charge in [0.2, 0.25) is 0 Å². The van der Waals surface area contributed by atoms with E-state index in [1.807, 2.05) is 25.1 Å². The summed E-state index contributed by atoms with van der Waals surface area (Å²) >= 11 is 0. The Labute approximate surface area is 134 Å². The summed E-state index contributed by atoms with van der Waals surface area (Å²) in [6.45, 7) is 3.10. The van der Waals surface area contributed by atoms with Gasteiger partial charge < -0.3 is 9.47 Å². The topological polar surface area (TPSA) is 72.8 Å². The molecule has 0 saturated carbocycles. The molecule has 0 atom stereocenters. The van der Waals surface area contributed by atoms with Crippen LogP contribution in [0, 0.1) is 0 Å². The zero-order valence-corrected chi connectivity index (χ0v) is 12.8. The number of rotatable bonds is 3. The molecule has 2 aromatic rings. The molecule has 6 heteroatoms. The largest absolute Gasteiger partial charge is 0.490 e. The van der Waals surface area contributed by atoms with Crippen LogP contribution in [0.25, 0.3) is 0 Å². The lowest BCUT2D eigenvalue weighted by Crippen LogP contribution is -2.20. The Morgan fingerprint density at radius 1 is 1.17 bits per heavy atom. The number of ether oxygens (including phenoxy) is 2. The van der Waals surface area contributed by atoms with Crippen molar-refractivity contribution >= 4 is 11.6 Å². The Hall–Kier alpha value is -2.89. The first-order valence-corrected chi connectivity index (χ1v) is 7.40. The first-order valence-electron chi connectivity index (χ1n) is 7.40. The van der Waals surface area contributed by atoms with Gasteiger partial charge in [-0.3, -0.25) is 9.78 Å². The first-order chi connectivity index (χ1) is 11.2. The van der Waals surface area contributed by atoms with E-state index in [4.69, 9.17) is 9.47 Å². The van der Waals surface area contributed by atoms with Gasteiger partial charge in [0.15, 0.2) is 11.5 Å². The molecule has 2 heterocycles. The summed E-state index contributed by atoms with van der Waals surface area (Å²) in [5.74, 6) is 1.08. The summed E-state index contributed by atoms with van der Waals surface area (Å²) in [7, 11) is 0. The van der Waals surface area contributed by atoms with Crippen molar-refractivity contribution in [3.05, 3.63) is 53.9 Å². The van der Waals surface area contributed by atoms with E-state index in [-0.39, 0.29) is 5.91 Å². The van der Waals surface area contributed by atoms with Gasteiger partial charge in [-0.05, 0) is 37.3 Å². The van der Waals surface area contributed by atoms with Crippen LogP contribution in [0.1, 0.15) is 29.4 Å². The second kappa shape index (κ2) is 6.91. The number of carbonyl (C=O) groups excluding carboxylic acids is 1. The third-order valence-corrected chi connectivity index (χ3v) is 3.39. The monoisotopic (exact) mass is 311 g/mol. The molecule has 1 N–H and O–H groups in total. The fraction of sp³-hybridized carbons (Fsp3) is 0.235. The molecule has 1 aromatic heterocycles. The molecule has 6 nitrogen and oxygen atoms in total. The Morgan fingerprint density at radius 3 is 2.78 bits per heavy atom. The smallest absolute Gasteiger partial charge is 0.289 e. The Kier molecular flexibility index (Phi) is 4.52. The highest BCUT2D eigenvalue weighted by atomic mass is 16.5. The molecule has 0 spiro atoms. The zero-order chi connectivity index (χ0) is 16.1. The number of hydrogen-bond donors (Lipinski definition) is 1. The Bertz CT molecular complexity index is 729. The SMILES string of the molecule is C/C(=N/NC(=O)c1ccccn1)c1ccc2c(c1)OCCCO2. The number of nitrogens with zero attached hydrogens (tertiary/aromatic N) is 2. The Balaban J connectivity index is 1.73. The molecule has 0 unspecified atom stereocenters.